The van der Waals surface area contributed by atoms with Crippen LogP contribution in [0.4, 0.5) is 0 Å². The summed E-state index contributed by atoms with van der Waals surface area (Å²) in [6.45, 7) is 0. The molecule has 4 N–H and O–H groups in total. The average molecular weight is 166 g/mol. The zero-order valence-corrected chi connectivity index (χ0v) is 7.41. The zero-order valence-electron chi connectivity index (χ0n) is 4.29. The van der Waals surface area contributed by atoms with Crippen molar-refractivity contribution in [3.05, 3.63) is 0 Å². The molecule has 0 aromatic rings. The molecule has 0 unspecified atom stereocenters. The first-order chi connectivity index (χ1) is 2.00. The smallest absolute Gasteiger partial charge is 1.00 e. The predicted molar refractivity (Wildman–Crippen MR) is 25.7 cm³/mol. The van der Waals surface area contributed by atoms with Crippen LogP contribution in [0.3, 0.4) is 0 Å². The fourth-order valence-electron chi connectivity index (χ4n) is 0. The second-order valence-electron chi connectivity index (χ2n) is 0.600. The molecule has 0 fully saturated rings. The summed E-state index contributed by atoms with van der Waals surface area (Å²) in [5.41, 5.74) is 0. The molecule has 7 heavy (non-hydrogen) atoms. The van der Waals surface area contributed by atoms with Gasteiger partial charge in [0.15, 0.2) is 17.4 Å². The molecule has 0 radical (unpaired) electrons. The van der Waals surface area contributed by atoms with Gasteiger partial charge in [0.2, 0.25) is 0 Å². The van der Waals surface area contributed by atoms with E-state index in [0.29, 0.717) is 0 Å². The first-order valence-electron chi connectivity index (χ1n) is 0.894. The molecular formula is H8AlKO4Si. The van der Waals surface area contributed by atoms with E-state index in [0.717, 1.165) is 0 Å². The molecule has 4 nitrogen and oxygen atoms in total. The van der Waals surface area contributed by atoms with Gasteiger partial charge in [-0.2, -0.15) is 0 Å². The topological polar surface area (TPSA) is 80.9 Å². The van der Waals surface area contributed by atoms with Gasteiger partial charge in [0.25, 0.3) is 0 Å². The largest absolute Gasteiger partial charge is 1.00 e. The zero-order chi connectivity index (χ0) is 4.50. The molecule has 0 rings (SSSR count). The molecule has 0 bridgehead atoms. The van der Waals surface area contributed by atoms with E-state index in [1.165, 1.54) is 0 Å². The van der Waals surface area contributed by atoms with Crippen LogP contribution in [0.5, 0.6) is 0 Å². The van der Waals surface area contributed by atoms with Crippen LogP contribution in [0.1, 0.15) is 1.43 Å². The summed E-state index contributed by atoms with van der Waals surface area (Å²) in [5.74, 6) is 0. The van der Waals surface area contributed by atoms with E-state index < -0.39 is 9.05 Å². The van der Waals surface area contributed by atoms with Crippen LogP contribution in [-0.4, -0.2) is 45.6 Å². The van der Waals surface area contributed by atoms with Crippen molar-refractivity contribution in [1.29, 1.82) is 0 Å². The molecule has 0 heterocycles. The first kappa shape index (κ1) is 16.1. The Morgan fingerprint density at radius 3 is 1.00 bits per heavy atom. The van der Waals surface area contributed by atoms with E-state index in [1.807, 2.05) is 0 Å². The number of hydrogen-bond donors (Lipinski definition) is 4. The van der Waals surface area contributed by atoms with Gasteiger partial charge in [-0.25, -0.2) is 0 Å². The van der Waals surface area contributed by atoms with Crippen molar-refractivity contribution in [1.82, 2.24) is 0 Å². The molecular weight excluding hydrogens is 158 g/mol. The maximum atomic E-state index is 7.33. The molecule has 0 saturated carbocycles. The maximum absolute atomic E-state index is 7.33. The van der Waals surface area contributed by atoms with E-state index in [9.17, 15) is 0 Å². The minimum absolute atomic E-state index is 0. The van der Waals surface area contributed by atoms with Gasteiger partial charge in [0.05, 0.1) is 0 Å². The van der Waals surface area contributed by atoms with Gasteiger partial charge in [-0.15, -0.1) is 0 Å². The van der Waals surface area contributed by atoms with Crippen LogP contribution in [-0.2, 0) is 0 Å². The summed E-state index contributed by atoms with van der Waals surface area (Å²) in [5, 5.41) is 0. The number of hydrogen-bond acceptors (Lipinski definition) is 4. The summed E-state index contributed by atoms with van der Waals surface area (Å²) in [6.07, 6.45) is 0. The van der Waals surface area contributed by atoms with Crippen molar-refractivity contribution in [3.63, 3.8) is 0 Å². The van der Waals surface area contributed by atoms with Crippen molar-refractivity contribution in [3.8, 4) is 0 Å². The molecule has 0 amide bonds. The Morgan fingerprint density at radius 2 is 1.00 bits per heavy atom. The van der Waals surface area contributed by atoms with Crippen LogP contribution < -0.4 is 51.4 Å². The number of rotatable bonds is 0. The van der Waals surface area contributed by atoms with Crippen LogP contribution in [0.25, 0.3) is 0 Å². The Bertz CT molecular complexity index is 31.5. The minimum Gasteiger partial charge on any atom is -1.00 e. The summed E-state index contributed by atoms with van der Waals surface area (Å²) >= 11 is 0. The van der Waals surface area contributed by atoms with E-state index in [-0.39, 0.29) is 70.2 Å². The van der Waals surface area contributed by atoms with Gasteiger partial charge in [0.1, 0.15) is 0 Å². The van der Waals surface area contributed by atoms with E-state index in [1.54, 1.807) is 0 Å². The van der Waals surface area contributed by atoms with Crippen molar-refractivity contribution in [2.45, 2.75) is 0 Å². The van der Waals surface area contributed by atoms with Crippen LogP contribution in [0.15, 0.2) is 0 Å². The molecule has 7 heteroatoms. The van der Waals surface area contributed by atoms with Gasteiger partial charge in [0, 0.05) is 0 Å². The van der Waals surface area contributed by atoms with Crippen molar-refractivity contribution in [2.75, 3.05) is 0 Å². The van der Waals surface area contributed by atoms with Gasteiger partial charge < -0.3 is 20.6 Å². The standard InChI is InChI=1S/Al.K.H4O4Si.4H/c;;1-5(2,3)4;;;;/h;;1-4H;;;;/q;+1;;;;;-1. The quantitative estimate of drug-likeness (QED) is 0.270. The predicted octanol–water partition coefficient (Wildman–Crippen LogP) is -6.68. The van der Waals surface area contributed by atoms with E-state index >= 15 is 0 Å². The fourth-order valence-corrected chi connectivity index (χ4v) is 0. The first-order valence-corrected chi connectivity index (χ1v) is 2.68. The fraction of sp³-hybridized carbons (Fsp3) is 0. The van der Waals surface area contributed by atoms with Gasteiger partial charge in [-0.3, -0.25) is 0 Å². The maximum Gasteiger partial charge on any atom is 1.00 e. The normalized spacial score (nSPS) is 8.57. The van der Waals surface area contributed by atoms with Crippen molar-refractivity contribution >= 4 is 26.4 Å². The second-order valence-corrected chi connectivity index (χ2v) is 1.80. The van der Waals surface area contributed by atoms with Gasteiger partial charge in [-0.05, 0) is 0 Å². The molecule has 0 saturated heterocycles. The summed E-state index contributed by atoms with van der Waals surface area (Å²) in [6, 6.07) is 0. The Hall–Kier alpha value is 2.23. The Balaban J connectivity index is -0.0000000267. The molecule has 0 atom stereocenters. The Morgan fingerprint density at radius 1 is 1.00 bits per heavy atom. The summed E-state index contributed by atoms with van der Waals surface area (Å²) in [4.78, 5) is 29.3. The minimum atomic E-state index is -4.61. The van der Waals surface area contributed by atoms with E-state index in [4.69, 9.17) is 19.2 Å². The SMILES string of the molecule is O[Si](O)(O)O.[AlH3].[H-].[K+]. The molecule has 0 spiro atoms. The van der Waals surface area contributed by atoms with Gasteiger partial charge >= 0.3 is 60.4 Å². The molecule has 0 aromatic carbocycles. The molecule has 0 aliphatic carbocycles. The molecule has 0 aliphatic heterocycles. The molecule has 0 aromatic heterocycles. The van der Waals surface area contributed by atoms with Crippen LogP contribution in [0, 0.1) is 0 Å². The Labute approximate surface area is 96.7 Å². The van der Waals surface area contributed by atoms with Crippen molar-refractivity contribution < 1.29 is 72.0 Å². The molecule has 40 valence electrons. The van der Waals surface area contributed by atoms with Crippen molar-refractivity contribution in [2.24, 2.45) is 0 Å². The Kier molecular flexibility index (Phi) is 14.6. The summed E-state index contributed by atoms with van der Waals surface area (Å²) in [7, 11) is -4.61. The monoisotopic (exact) mass is 166 g/mol. The third kappa shape index (κ3) is 64.4. The van der Waals surface area contributed by atoms with E-state index in [2.05, 4.69) is 0 Å². The van der Waals surface area contributed by atoms with Crippen LogP contribution >= 0.6 is 0 Å². The molecule has 0 aliphatic rings. The second kappa shape index (κ2) is 6.35. The average Bonchev–Trinajstić information content (AvgIpc) is 0.722. The third-order valence-corrected chi connectivity index (χ3v) is 0. The van der Waals surface area contributed by atoms with Crippen LogP contribution in [0.2, 0.25) is 0 Å². The summed E-state index contributed by atoms with van der Waals surface area (Å²) < 4.78 is 0. The third-order valence-electron chi connectivity index (χ3n) is 0. The van der Waals surface area contributed by atoms with Gasteiger partial charge in [-0.1, -0.05) is 0 Å².